The van der Waals surface area contributed by atoms with Crippen LogP contribution in [0.4, 0.5) is 8.78 Å². The molecule has 0 aliphatic carbocycles. The van der Waals surface area contributed by atoms with Crippen LogP contribution in [0.25, 0.3) is 0 Å². The Morgan fingerprint density at radius 2 is 1.76 bits per heavy atom. The van der Waals surface area contributed by atoms with E-state index in [2.05, 4.69) is 40.0 Å². The number of halogens is 3. The van der Waals surface area contributed by atoms with Crippen LogP contribution < -0.4 is 5.32 Å². The highest BCUT2D eigenvalue weighted by Gasteiger charge is 2.38. The highest BCUT2D eigenvalue weighted by atomic mass is 79.9. The van der Waals surface area contributed by atoms with Crippen LogP contribution in [-0.4, -0.2) is 30.1 Å². The maximum absolute atomic E-state index is 14.5. The molecule has 2 nitrogen and oxygen atoms in total. The molecule has 120 valence electrons. The molecule has 0 saturated carbocycles. The number of rotatable bonds is 7. The summed E-state index contributed by atoms with van der Waals surface area (Å²) in [6.07, 6.45) is 0. The van der Waals surface area contributed by atoms with Gasteiger partial charge in [-0.15, -0.1) is 0 Å². The molecular weight excluding hydrogens is 338 g/mol. The summed E-state index contributed by atoms with van der Waals surface area (Å²) < 4.78 is 29.1. The van der Waals surface area contributed by atoms with Gasteiger partial charge in [0.05, 0.1) is 10.5 Å². The fourth-order valence-electron chi connectivity index (χ4n) is 2.94. The molecule has 0 aromatic heterocycles. The second-order valence-corrected chi connectivity index (χ2v) is 6.43. The Kier molecular flexibility index (Phi) is 6.75. The molecule has 0 fully saturated rings. The number of hydrogen-bond acceptors (Lipinski definition) is 2. The van der Waals surface area contributed by atoms with Crippen molar-refractivity contribution in [2.75, 3.05) is 19.6 Å². The van der Waals surface area contributed by atoms with Gasteiger partial charge in [-0.2, -0.15) is 0 Å². The van der Waals surface area contributed by atoms with Crippen LogP contribution in [0.3, 0.4) is 0 Å². The molecule has 1 rings (SSSR count). The lowest BCUT2D eigenvalue weighted by Gasteiger charge is -2.44. The highest BCUT2D eigenvalue weighted by Crippen LogP contribution is 2.36. The number of nitrogens with zero attached hydrogens (tertiary/aromatic N) is 1. The van der Waals surface area contributed by atoms with Gasteiger partial charge in [-0.05, 0) is 61.5 Å². The Morgan fingerprint density at radius 3 is 2.24 bits per heavy atom. The first-order valence-electron chi connectivity index (χ1n) is 7.42. The van der Waals surface area contributed by atoms with Gasteiger partial charge in [0.1, 0.15) is 11.6 Å². The number of nitrogens with one attached hydrogen (secondary N) is 1. The second kappa shape index (κ2) is 7.65. The van der Waals surface area contributed by atoms with Crippen molar-refractivity contribution in [3.8, 4) is 0 Å². The van der Waals surface area contributed by atoms with Crippen molar-refractivity contribution < 1.29 is 8.78 Å². The predicted molar refractivity (Wildman–Crippen MR) is 87.5 cm³/mol. The molecule has 1 aromatic carbocycles. The van der Waals surface area contributed by atoms with Crippen molar-refractivity contribution in [3.63, 3.8) is 0 Å². The van der Waals surface area contributed by atoms with E-state index >= 15 is 0 Å². The third-order valence-corrected chi connectivity index (χ3v) is 4.67. The first-order chi connectivity index (χ1) is 9.81. The minimum Gasteiger partial charge on any atom is -0.309 e. The van der Waals surface area contributed by atoms with Gasteiger partial charge < -0.3 is 5.32 Å². The van der Waals surface area contributed by atoms with Crippen LogP contribution >= 0.6 is 15.9 Å². The van der Waals surface area contributed by atoms with Crippen LogP contribution in [0.1, 0.15) is 46.2 Å². The number of likely N-dealkylation sites (N-methyl/N-ethyl adjacent to an activating group) is 2. The van der Waals surface area contributed by atoms with Gasteiger partial charge in [0.2, 0.25) is 0 Å². The van der Waals surface area contributed by atoms with E-state index in [1.807, 2.05) is 20.8 Å². The maximum Gasteiger partial charge on any atom is 0.145 e. The summed E-state index contributed by atoms with van der Waals surface area (Å²) in [4.78, 5) is 2.21. The molecule has 0 saturated heterocycles. The van der Waals surface area contributed by atoms with Gasteiger partial charge >= 0.3 is 0 Å². The van der Waals surface area contributed by atoms with Gasteiger partial charge in [0, 0.05) is 11.1 Å². The molecule has 0 heterocycles. The number of hydrogen-bond donors (Lipinski definition) is 1. The van der Waals surface area contributed by atoms with Crippen molar-refractivity contribution in [1.29, 1.82) is 0 Å². The van der Waals surface area contributed by atoms with Crippen molar-refractivity contribution in [3.05, 3.63) is 33.8 Å². The molecule has 0 aliphatic rings. The average molecular weight is 363 g/mol. The van der Waals surface area contributed by atoms with Gasteiger partial charge in [-0.1, -0.05) is 20.8 Å². The fourth-order valence-corrected chi connectivity index (χ4v) is 3.28. The molecule has 0 bridgehead atoms. The zero-order valence-electron chi connectivity index (χ0n) is 13.4. The minimum atomic E-state index is -0.527. The smallest absolute Gasteiger partial charge is 0.145 e. The van der Waals surface area contributed by atoms with E-state index in [4.69, 9.17) is 0 Å². The van der Waals surface area contributed by atoms with E-state index < -0.39 is 23.2 Å². The Balaban J connectivity index is 3.40. The zero-order chi connectivity index (χ0) is 16.2. The summed E-state index contributed by atoms with van der Waals surface area (Å²) in [6.45, 7) is 12.4. The molecule has 1 aromatic rings. The van der Waals surface area contributed by atoms with Crippen LogP contribution in [0.2, 0.25) is 0 Å². The molecule has 21 heavy (non-hydrogen) atoms. The Hall–Kier alpha value is -0.520. The summed E-state index contributed by atoms with van der Waals surface area (Å²) >= 11 is 3.15. The topological polar surface area (TPSA) is 15.3 Å². The van der Waals surface area contributed by atoms with Gasteiger partial charge in [-0.3, -0.25) is 4.90 Å². The molecule has 0 spiro atoms. The lowest BCUT2D eigenvalue weighted by Crippen LogP contribution is -2.53. The SMILES string of the molecule is CCNC(c1c(F)ccc(Br)c1F)C(C)(C)N(CC)CC. The Morgan fingerprint density at radius 1 is 1.19 bits per heavy atom. The molecule has 0 aliphatic heterocycles. The lowest BCUT2D eigenvalue weighted by molar-refractivity contribution is 0.0886. The molecule has 1 N–H and O–H groups in total. The summed E-state index contributed by atoms with van der Waals surface area (Å²) in [5, 5.41) is 3.25. The molecule has 1 unspecified atom stereocenters. The summed E-state index contributed by atoms with van der Waals surface area (Å²) in [6, 6.07) is 2.28. The molecule has 0 amide bonds. The van der Waals surface area contributed by atoms with E-state index in [1.54, 1.807) is 0 Å². The van der Waals surface area contributed by atoms with E-state index in [0.29, 0.717) is 6.54 Å². The van der Waals surface area contributed by atoms with Crippen LogP contribution in [0.5, 0.6) is 0 Å². The third-order valence-electron chi connectivity index (χ3n) is 4.06. The Labute approximate surface area is 135 Å². The lowest BCUT2D eigenvalue weighted by atomic mass is 9.86. The predicted octanol–water partition coefficient (Wildman–Crippen LogP) is 4.50. The van der Waals surface area contributed by atoms with Crippen LogP contribution in [-0.2, 0) is 0 Å². The molecule has 5 heteroatoms. The van der Waals surface area contributed by atoms with Crippen molar-refractivity contribution in [2.24, 2.45) is 0 Å². The quantitative estimate of drug-likeness (QED) is 0.718. The highest BCUT2D eigenvalue weighted by molar-refractivity contribution is 9.10. The van der Waals surface area contributed by atoms with Crippen LogP contribution in [0.15, 0.2) is 16.6 Å². The van der Waals surface area contributed by atoms with E-state index in [0.717, 1.165) is 13.1 Å². The largest absolute Gasteiger partial charge is 0.309 e. The summed E-state index contributed by atoms with van der Waals surface area (Å²) in [5.41, 5.74) is -0.315. The van der Waals surface area contributed by atoms with E-state index in [9.17, 15) is 8.78 Å². The summed E-state index contributed by atoms with van der Waals surface area (Å²) in [5.74, 6) is -1.04. The molecule has 0 radical (unpaired) electrons. The summed E-state index contributed by atoms with van der Waals surface area (Å²) in [7, 11) is 0. The zero-order valence-corrected chi connectivity index (χ0v) is 15.0. The van der Waals surface area contributed by atoms with Crippen molar-refractivity contribution >= 4 is 15.9 Å². The Bertz CT molecular complexity index is 474. The van der Waals surface area contributed by atoms with E-state index in [-0.39, 0.29) is 10.0 Å². The van der Waals surface area contributed by atoms with Crippen molar-refractivity contribution in [2.45, 2.75) is 46.2 Å². The first-order valence-corrected chi connectivity index (χ1v) is 8.22. The average Bonchev–Trinajstić information content (AvgIpc) is 2.43. The fraction of sp³-hybridized carbons (Fsp3) is 0.625. The standard InChI is InChI=1S/C16H25BrF2N2/c1-6-20-15(16(4,5)21(7-2)8-3)13-12(18)10-9-11(17)14(13)19/h9-10,15,20H,6-8H2,1-5H3. The normalized spacial score (nSPS) is 13.8. The monoisotopic (exact) mass is 362 g/mol. The van der Waals surface area contributed by atoms with Crippen molar-refractivity contribution in [1.82, 2.24) is 10.2 Å². The van der Waals surface area contributed by atoms with Crippen LogP contribution in [0, 0.1) is 11.6 Å². The van der Waals surface area contributed by atoms with E-state index in [1.165, 1.54) is 12.1 Å². The minimum absolute atomic E-state index is 0.100. The molecule has 1 atom stereocenters. The van der Waals surface area contributed by atoms with Gasteiger partial charge in [0.25, 0.3) is 0 Å². The van der Waals surface area contributed by atoms with Gasteiger partial charge in [0.15, 0.2) is 0 Å². The molecular formula is C16H25BrF2N2. The number of benzene rings is 1. The van der Waals surface area contributed by atoms with Gasteiger partial charge in [-0.25, -0.2) is 8.78 Å². The second-order valence-electron chi connectivity index (χ2n) is 5.57. The third kappa shape index (κ3) is 3.82. The first kappa shape index (κ1) is 18.5. The maximum atomic E-state index is 14.5.